The van der Waals surface area contributed by atoms with Crippen LogP contribution in [-0.4, -0.2) is 33.6 Å². The lowest BCUT2D eigenvalue weighted by molar-refractivity contribution is -2.00. The van der Waals surface area contributed by atoms with Crippen molar-refractivity contribution in [2.45, 2.75) is 18.5 Å². The van der Waals surface area contributed by atoms with Crippen LogP contribution >= 0.6 is 11.6 Å². The van der Waals surface area contributed by atoms with Crippen LogP contribution in [-0.2, 0) is 13.1 Å². The van der Waals surface area contributed by atoms with Gasteiger partial charge in [-0.1, -0.05) is 0 Å². The van der Waals surface area contributed by atoms with Gasteiger partial charge < -0.3 is 9.80 Å². The van der Waals surface area contributed by atoms with Crippen LogP contribution in [0, 0.1) is 20.5 Å². The van der Waals surface area contributed by atoms with Gasteiger partial charge in [-0.15, -0.1) is 32.1 Å². The Morgan fingerprint density at radius 2 is 0.875 bits per heavy atom. The number of rotatable bonds is 6. The summed E-state index contributed by atoms with van der Waals surface area (Å²) in [6.07, 6.45) is 8.30. The van der Waals surface area contributed by atoms with Gasteiger partial charge in [-0.3, -0.25) is 0 Å². The lowest BCUT2D eigenvalue weighted by atomic mass is 10.3. The Morgan fingerprint density at radius 1 is 0.656 bits per heavy atom. The van der Waals surface area contributed by atoms with E-state index in [0.29, 0.717) is 0 Å². The first-order valence-electron chi connectivity index (χ1n) is 8.66. The number of halogens is 3. The molecule has 0 atom stereocenters. The van der Waals surface area contributed by atoms with Crippen LogP contribution in [0.3, 0.4) is 0 Å². The van der Waals surface area contributed by atoms with E-state index in [-0.39, 0.29) is 5.38 Å². The Labute approximate surface area is 195 Å². The molecule has 182 valence electrons. The van der Waals surface area contributed by atoms with Crippen LogP contribution in [0.25, 0.3) is 0 Å². The first-order valence-corrected chi connectivity index (χ1v) is 11.6. The lowest BCUT2D eigenvalue weighted by Gasteiger charge is -2.17. The molecule has 0 unspecified atom stereocenters. The zero-order chi connectivity index (χ0) is 25.1. The maximum absolute atomic E-state index is 8.49. The van der Waals surface area contributed by atoms with Gasteiger partial charge in [0.05, 0.1) is 0 Å². The minimum Gasteiger partial charge on any atom is -0.377 e. The SMILES string of the molecule is CN(C)c1cc[n+](CC(Cl)C[n+]2ccc(N(C)C)cc2)cc1.[O-][Cl+3]([O-])([O-])[O-].[O-][Cl+3]([O-])([O-])[O-]. The average molecular weight is 520 g/mol. The van der Waals surface area contributed by atoms with E-state index < -0.39 is 20.5 Å². The quantitative estimate of drug-likeness (QED) is 0.261. The first-order chi connectivity index (χ1) is 14.5. The predicted octanol–water partition coefficient (Wildman–Crippen LogP) is -7.81. The van der Waals surface area contributed by atoms with Gasteiger partial charge in [-0.05, 0) is 0 Å². The zero-order valence-electron chi connectivity index (χ0n) is 17.8. The standard InChI is InChI=1S/C17H25ClN4.2ClHO4/c1-19(2)16-5-9-21(10-6-16)13-15(18)14-22-11-7-17(8-12-22)20(3)4;2*2-1(3,4)5/h5-12,15H,13-14H2,1-4H3;2*(H,2,3,4,5)/q+2;;/p-2. The summed E-state index contributed by atoms with van der Waals surface area (Å²) >= 11 is 6.49. The Kier molecular flexibility index (Phi) is 13.2. The highest BCUT2D eigenvalue weighted by atomic mass is 35.7. The van der Waals surface area contributed by atoms with Crippen LogP contribution in [0.1, 0.15) is 0 Å². The third kappa shape index (κ3) is 18.1. The third-order valence-corrected chi connectivity index (χ3v) is 3.87. The molecule has 2 aromatic rings. The van der Waals surface area contributed by atoms with Crippen molar-refractivity contribution in [1.82, 2.24) is 0 Å². The van der Waals surface area contributed by atoms with E-state index in [9.17, 15) is 0 Å². The second-order valence-corrected chi connectivity index (χ2v) is 8.78. The highest BCUT2D eigenvalue weighted by molar-refractivity contribution is 6.20. The molecule has 12 nitrogen and oxygen atoms in total. The number of anilines is 2. The summed E-state index contributed by atoms with van der Waals surface area (Å²) in [5.41, 5.74) is 2.38. The lowest BCUT2D eigenvalue weighted by Crippen LogP contribution is -2.68. The number of pyridine rings is 2. The molecular weight excluding hydrogens is 495 g/mol. The normalized spacial score (nSPS) is 11.2. The monoisotopic (exact) mass is 518 g/mol. The van der Waals surface area contributed by atoms with Gasteiger partial charge in [0.1, 0.15) is 0 Å². The summed E-state index contributed by atoms with van der Waals surface area (Å²) in [5.74, 6) is 0. The highest BCUT2D eigenvalue weighted by Crippen LogP contribution is 2.08. The molecule has 2 rings (SSSR count). The molecule has 0 aromatic carbocycles. The Balaban J connectivity index is 0.000000805. The number of hydrogen-bond donors (Lipinski definition) is 0. The van der Waals surface area contributed by atoms with Gasteiger partial charge in [0.2, 0.25) is 0 Å². The van der Waals surface area contributed by atoms with E-state index in [4.69, 9.17) is 48.9 Å². The molecule has 0 aliphatic carbocycles. The van der Waals surface area contributed by atoms with Crippen molar-refractivity contribution in [3.63, 3.8) is 0 Å². The molecule has 15 heteroatoms. The summed E-state index contributed by atoms with van der Waals surface area (Å²) in [4.78, 5) is 4.18. The van der Waals surface area contributed by atoms with E-state index in [1.807, 2.05) is 28.2 Å². The number of alkyl halides is 1. The van der Waals surface area contributed by atoms with Crippen molar-refractivity contribution >= 4 is 23.0 Å². The first kappa shape index (κ1) is 30.4. The second kappa shape index (κ2) is 13.9. The number of hydrogen-bond acceptors (Lipinski definition) is 10. The molecule has 0 fully saturated rings. The molecule has 0 spiro atoms. The maximum Gasteiger partial charge on any atom is 0.170 e. The number of nitrogens with zero attached hydrogens (tertiary/aromatic N) is 4. The van der Waals surface area contributed by atoms with E-state index in [1.165, 1.54) is 11.4 Å². The molecule has 0 bridgehead atoms. The fourth-order valence-corrected chi connectivity index (χ4v) is 2.57. The average Bonchev–Trinajstić information content (AvgIpc) is 2.59. The van der Waals surface area contributed by atoms with Gasteiger partial charge in [0, 0.05) is 63.8 Å². The van der Waals surface area contributed by atoms with Crippen LogP contribution in [0.5, 0.6) is 0 Å². The van der Waals surface area contributed by atoms with Gasteiger partial charge >= 0.3 is 0 Å². The van der Waals surface area contributed by atoms with Gasteiger partial charge in [0.15, 0.2) is 43.3 Å². The topological polar surface area (TPSA) is 199 Å². The molecule has 0 saturated carbocycles. The molecule has 0 amide bonds. The van der Waals surface area contributed by atoms with Crippen molar-refractivity contribution in [1.29, 1.82) is 0 Å². The molecular formula is C17H25Cl3N4O8. The predicted molar refractivity (Wildman–Crippen MR) is 91.6 cm³/mol. The Morgan fingerprint density at radius 3 is 1.06 bits per heavy atom. The van der Waals surface area contributed by atoms with E-state index in [2.05, 4.69) is 68.0 Å². The minimum atomic E-state index is -4.94. The largest absolute Gasteiger partial charge is 0.377 e. The smallest absolute Gasteiger partial charge is 0.170 e. The summed E-state index contributed by atoms with van der Waals surface area (Å²) in [7, 11) is -1.73. The van der Waals surface area contributed by atoms with Gasteiger partial charge in [0.25, 0.3) is 0 Å². The van der Waals surface area contributed by atoms with Crippen LogP contribution in [0.2, 0.25) is 0 Å². The Bertz CT molecular complexity index is 692. The van der Waals surface area contributed by atoms with Crippen LogP contribution < -0.4 is 56.2 Å². The molecule has 32 heavy (non-hydrogen) atoms. The molecule has 0 aliphatic rings. The molecule has 2 aromatic heterocycles. The Hall–Kier alpha value is -1.55. The minimum absolute atomic E-state index is 0.0467. The molecule has 2 heterocycles. The maximum atomic E-state index is 8.49. The zero-order valence-corrected chi connectivity index (χ0v) is 20.1. The van der Waals surface area contributed by atoms with Crippen molar-refractivity contribution in [3.8, 4) is 0 Å². The fourth-order valence-electron chi connectivity index (χ4n) is 2.25. The summed E-state index contributed by atoms with van der Waals surface area (Å²) in [6.45, 7) is 1.58. The number of aromatic nitrogens is 2. The third-order valence-electron chi connectivity index (χ3n) is 3.60. The second-order valence-electron chi connectivity index (χ2n) is 6.65. The van der Waals surface area contributed by atoms with E-state index >= 15 is 0 Å². The summed E-state index contributed by atoms with van der Waals surface area (Å²) < 4.78 is 72.2. The van der Waals surface area contributed by atoms with Gasteiger partial charge in [-0.25, -0.2) is 46.4 Å². The van der Waals surface area contributed by atoms with Crippen molar-refractivity contribution in [2.24, 2.45) is 0 Å². The highest BCUT2D eigenvalue weighted by Gasteiger charge is 2.16. The van der Waals surface area contributed by atoms with Crippen LogP contribution in [0.4, 0.5) is 11.4 Å². The van der Waals surface area contributed by atoms with Crippen LogP contribution in [0.15, 0.2) is 49.1 Å². The fraction of sp³-hybridized carbons (Fsp3) is 0.412. The van der Waals surface area contributed by atoms with E-state index in [0.717, 1.165) is 13.1 Å². The van der Waals surface area contributed by atoms with Crippen molar-refractivity contribution < 1.29 is 66.9 Å². The molecule has 0 N–H and O–H groups in total. The molecule has 0 saturated heterocycles. The van der Waals surface area contributed by atoms with Crippen molar-refractivity contribution in [2.75, 3.05) is 38.0 Å². The van der Waals surface area contributed by atoms with E-state index in [1.54, 1.807) is 0 Å². The molecule has 0 aliphatic heterocycles. The summed E-state index contributed by atoms with van der Waals surface area (Å²) in [6, 6.07) is 8.40. The van der Waals surface area contributed by atoms with Crippen molar-refractivity contribution in [3.05, 3.63) is 49.1 Å². The molecule has 0 radical (unpaired) electrons. The van der Waals surface area contributed by atoms with Gasteiger partial charge in [-0.2, -0.15) is 0 Å². The summed E-state index contributed by atoms with van der Waals surface area (Å²) in [5, 5.41) is 0.0467.